The van der Waals surface area contributed by atoms with Gasteiger partial charge in [0.25, 0.3) is 5.91 Å². The van der Waals surface area contributed by atoms with Crippen LogP contribution in [-0.2, 0) is 11.0 Å². The standard InChI is InChI=1S/C20H21F3N2O6/c1-29-15-7-11(8-16(30-2)17(15)31-3)18(27)25-14(10-26)19(28)24-13-6-4-5-12(9-13)20(21,22)23/h4-9,14,26H,10H2,1-3H3,(H,24,28)(H,25,27). The Morgan fingerprint density at radius 2 is 1.65 bits per heavy atom. The average molecular weight is 442 g/mol. The molecule has 2 aromatic rings. The molecule has 0 fully saturated rings. The van der Waals surface area contributed by atoms with E-state index in [-0.39, 0.29) is 28.5 Å². The number of aliphatic hydroxyl groups excluding tert-OH is 1. The lowest BCUT2D eigenvalue weighted by molar-refractivity contribution is -0.137. The number of alkyl halides is 3. The summed E-state index contributed by atoms with van der Waals surface area (Å²) in [5, 5.41) is 14.1. The van der Waals surface area contributed by atoms with Crippen LogP contribution in [0.2, 0.25) is 0 Å². The molecule has 0 saturated heterocycles. The zero-order valence-corrected chi connectivity index (χ0v) is 16.9. The van der Waals surface area contributed by atoms with Crippen molar-refractivity contribution in [2.75, 3.05) is 33.3 Å². The molecule has 0 saturated carbocycles. The summed E-state index contributed by atoms with van der Waals surface area (Å²) < 4.78 is 54.0. The normalized spacial score (nSPS) is 12.0. The second kappa shape index (κ2) is 10.0. The van der Waals surface area contributed by atoms with Crippen molar-refractivity contribution in [3.8, 4) is 17.2 Å². The van der Waals surface area contributed by atoms with E-state index in [1.165, 1.54) is 39.5 Å². The van der Waals surface area contributed by atoms with E-state index in [0.717, 1.165) is 18.2 Å². The summed E-state index contributed by atoms with van der Waals surface area (Å²) in [4.78, 5) is 25.0. The summed E-state index contributed by atoms with van der Waals surface area (Å²) in [7, 11) is 4.11. The maximum Gasteiger partial charge on any atom is 0.416 e. The van der Waals surface area contributed by atoms with Crippen LogP contribution >= 0.6 is 0 Å². The first-order valence-corrected chi connectivity index (χ1v) is 8.84. The number of carbonyl (C=O) groups excluding carboxylic acids is 2. The second-order valence-corrected chi connectivity index (χ2v) is 6.19. The number of halogens is 3. The zero-order valence-electron chi connectivity index (χ0n) is 16.9. The summed E-state index contributed by atoms with van der Waals surface area (Å²) in [5.41, 5.74) is -1.05. The van der Waals surface area contributed by atoms with Gasteiger partial charge in [-0.05, 0) is 30.3 Å². The highest BCUT2D eigenvalue weighted by molar-refractivity contribution is 6.01. The monoisotopic (exact) mass is 442 g/mol. The number of hydrogen-bond acceptors (Lipinski definition) is 6. The fourth-order valence-electron chi connectivity index (χ4n) is 2.65. The topological polar surface area (TPSA) is 106 Å². The third-order valence-electron chi connectivity index (χ3n) is 4.19. The maximum absolute atomic E-state index is 12.8. The Morgan fingerprint density at radius 1 is 1.03 bits per heavy atom. The van der Waals surface area contributed by atoms with Crippen molar-refractivity contribution in [1.82, 2.24) is 5.32 Å². The van der Waals surface area contributed by atoms with E-state index in [1.54, 1.807) is 0 Å². The highest BCUT2D eigenvalue weighted by Crippen LogP contribution is 2.38. The van der Waals surface area contributed by atoms with Gasteiger partial charge in [-0.3, -0.25) is 9.59 Å². The van der Waals surface area contributed by atoms with Crippen LogP contribution < -0.4 is 24.8 Å². The highest BCUT2D eigenvalue weighted by Gasteiger charge is 2.31. The van der Waals surface area contributed by atoms with Gasteiger partial charge in [-0.1, -0.05) is 6.07 Å². The second-order valence-electron chi connectivity index (χ2n) is 6.19. The minimum Gasteiger partial charge on any atom is -0.493 e. The Bertz CT molecular complexity index is 924. The SMILES string of the molecule is COc1cc(C(=O)NC(CO)C(=O)Nc2cccc(C(F)(F)F)c2)cc(OC)c1OC. The summed E-state index contributed by atoms with van der Waals surface area (Å²) in [6.45, 7) is -0.791. The molecule has 11 heteroatoms. The number of ether oxygens (including phenoxy) is 3. The first-order chi connectivity index (χ1) is 14.6. The van der Waals surface area contributed by atoms with Crippen LogP contribution in [0, 0.1) is 0 Å². The fourth-order valence-corrected chi connectivity index (χ4v) is 2.65. The van der Waals surface area contributed by atoms with E-state index < -0.39 is 36.2 Å². The summed E-state index contributed by atoms with van der Waals surface area (Å²) >= 11 is 0. The predicted octanol–water partition coefficient (Wildman–Crippen LogP) is 2.46. The minimum atomic E-state index is -4.59. The molecule has 0 radical (unpaired) electrons. The van der Waals surface area contributed by atoms with Crippen LogP contribution in [-0.4, -0.2) is 50.9 Å². The Kier molecular flexibility index (Phi) is 7.70. The molecule has 0 heterocycles. The lowest BCUT2D eigenvalue weighted by atomic mass is 10.1. The molecule has 0 aliphatic carbocycles. The molecular formula is C20H21F3N2O6. The van der Waals surface area contributed by atoms with Gasteiger partial charge >= 0.3 is 6.18 Å². The number of aliphatic hydroxyl groups is 1. The minimum absolute atomic E-state index is 0.0415. The van der Waals surface area contributed by atoms with E-state index in [1.807, 2.05) is 0 Å². The molecule has 1 atom stereocenters. The average Bonchev–Trinajstić information content (AvgIpc) is 2.75. The van der Waals surface area contributed by atoms with Crippen LogP contribution in [0.3, 0.4) is 0 Å². The van der Waals surface area contributed by atoms with Gasteiger partial charge in [-0.2, -0.15) is 13.2 Å². The summed E-state index contributed by atoms with van der Waals surface area (Å²) in [5.74, 6) is -1.01. The third-order valence-corrected chi connectivity index (χ3v) is 4.19. The van der Waals surface area contributed by atoms with Gasteiger partial charge < -0.3 is 30.0 Å². The maximum atomic E-state index is 12.8. The summed E-state index contributed by atoms with van der Waals surface area (Å²) in [6.07, 6.45) is -4.59. The van der Waals surface area contributed by atoms with Gasteiger partial charge in [-0.25, -0.2) is 0 Å². The van der Waals surface area contributed by atoms with Gasteiger partial charge in [0.15, 0.2) is 11.5 Å². The first-order valence-electron chi connectivity index (χ1n) is 8.84. The molecule has 31 heavy (non-hydrogen) atoms. The van der Waals surface area contributed by atoms with E-state index >= 15 is 0 Å². The van der Waals surface area contributed by atoms with Gasteiger partial charge in [-0.15, -0.1) is 0 Å². The Hall–Kier alpha value is -3.47. The van der Waals surface area contributed by atoms with Crippen LogP contribution in [0.4, 0.5) is 18.9 Å². The van der Waals surface area contributed by atoms with Gasteiger partial charge in [0.05, 0.1) is 33.5 Å². The van der Waals surface area contributed by atoms with Crippen LogP contribution in [0.15, 0.2) is 36.4 Å². The Balaban J connectivity index is 2.19. The van der Waals surface area contributed by atoms with Crippen molar-refractivity contribution in [2.45, 2.75) is 12.2 Å². The molecule has 2 amide bonds. The predicted molar refractivity (Wildman–Crippen MR) is 105 cm³/mol. The molecule has 168 valence electrons. The first kappa shape index (κ1) is 23.8. The van der Waals surface area contributed by atoms with Crippen LogP contribution in [0.5, 0.6) is 17.2 Å². The lowest BCUT2D eigenvalue weighted by Crippen LogP contribution is -2.46. The smallest absolute Gasteiger partial charge is 0.416 e. The van der Waals surface area contributed by atoms with Crippen molar-refractivity contribution in [1.29, 1.82) is 0 Å². The van der Waals surface area contributed by atoms with Crippen LogP contribution in [0.1, 0.15) is 15.9 Å². The Morgan fingerprint density at radius 3 is 2.13 bits per heavy atom. The van der Waals surface area contributed by atoms with Crippen molar-refractivity contribution >= 4 is 17.5 Å². The van der Waals surface area contributed by atoms with Gasteiger partial charge in [0, 0.05) is 11.3 Å². The van der Waals surface area contributed by atoms with E-state index in [2.05, 4.69) is 10.6 Å². The zero-order chi connectivity index (χ0) is 23.2. The number of methoxy groups -OCH3 is 3. The van der Waals surface area contributed by atoms with E-state index in [9.17, 15) is 27.9 Å². The van der Waals surface area contributed by atoms with E-state index in [4.69, 9.17) is 14.2 Å². The quantitative estimate of drug-likeness (QED) is 0.580. The lowest BCUT2D eigenvalue weighted by Gasteiger charge is -2.18. The number of anilines is 1. The van der Waals surface area contributed by atoms with Crippen molar-refractivity contribution < 1.29 is 42.1 Å². The molecule has 0 aliphatic heterocycles. The largest absolute Gasteiger partial charge is 0.493 e. The molecule has 0 bridgehead atoms. The molecule has 0 aromatic heterocycles. The Labute approximate surface area is 175 Å². The molecule has 3 N–H and O–H groups in total. The van der Waals surface area contributed by atoms with Crippen molar-refractivity contribution in [3.05, 3.63) is 47.5 Å². The van der Waals surface area contributed by atoms with Crippen molar-refractivity contribution in [2.24, 2.45) is 0 Å². The highest BCUT2D eigenvalue weighted by atomic mass is 19.4. The van der Waals surface area contributed by atoms with Crippen LogP contribution in [0.25, 0.3) is 0 Å². The molecular weight excluding hydrogens is 421 g/mol. The molecule has 0 spiro atoms. The number of nitrogens with one attached hydrogen (secondary N) is 2. The number of rotatable bonds is 8. The summed E-state index contributed by atoms with van der Waals surface area (Å²) in [6, 6.07) is 5.23. The molecule has 0 aliphatic rings. The number of hydrogen-bond donors (Lipinski definition) is 3. The van der Waals surface area contributed by atoms with E-state index in [0.29, 0.717) is 0 Å². The number of carbonyl (C=O) groups is 2. The number of amides is 2. The molecule has 1 unspecified atom stereocenters. The fraction of sp³-hybridized carbons (Fsp3) is 0.300. The molecule has 8 nitrogen and oxygen atoms in total. The number of benzene rings is 2. The third kappa shape index (κ3) is 5.79. The van der Waals surface area contributed by atoms with Gasteiger partial charge in [0.2, 0.25) is 11.7 Å². The molecule has 2 aromatic carbocycles. The van der Waals surface area contributed by atoms with Crippen molar-refractivity contribution in [3.63, 3.8) is 0 Å². The van der Waals surface area contributed by atoms with Gasteiger partial charge in [0.1, 0.15) is 6.04 Å². The molecule has 2 rings (SSSR count).